The molecule has 5 nitrogen and oxygen atoms in total. The summed E-state index contributed by atoms with van der Waals surface area (Å²) < 4.78 is 8.93. The zero-order valence-electron chi connectivity index (χ0n) is 20.4. The van der Waals surface area contributed by atoms with E-state index < -0.39 is 9.04 Å². The molecule has 2 aromatic rings. The summed E-state index contributed by atoms with van der Waals surface area (Å²) in [5, 5.41) is 3.53. The lowest BCUT2D eigenvalue weighted by Crippen LogP contribution is -2.38. The first kappa shape index (κ1) is 23.2. The van der Waals surface area contributed by atoms with Gasteiger partial charge in [-0.05, 0) is 36.7 Å². The van der Waals surface area contributed by atoms with Gasteiger partial charge in [0, 0.05) is 34.6 Å². The number of fused-ring (bicyclic) bond motifs is 1. The van der Waals surface area contributed by atoms with Crippen molar-refractivity contribution in [3.8, 4) is 22.5 Å². The van der Waals surface area contributed by atoms with E-state index in [-0.39, 0.29) is 11.6 Å². The van der Waals surface area contributed by atoms with Crippen LogP contribution >= 0.6 is 0 Å². The SMILES string of the molecule is CC(C)C(C)(C)C(O[SiH](C)C)n1c(Nc2ccccc2)ncc2c(-c3ccccc3)cnc1-2. The van der Waals surface area contributed by atoms with Gasteiger partial charge in [0.2, 0.25) is 5.95 Å². The van der Waals surface area contributed by atoms with Gasteiger partial charge in [0.05, 0.1) is 0 Å². The van der Waals surface area contributed by atoms with Crippen LogP contribution in [0.15, 0.2) is 73.1 Å². The van der Waals surface area contributed by atoms with Gasteiger partial charge in [0.15, 0.2) is 9.04 Å². The number of aromatic nitrogens is 3. The zero-order chi connectivity index (χ0) is 23.6. The Morgan fingerprint density at radius 2 is 1.48 bits per heavy atom. The standard InChI is InChI=1S/C27H34N4OSi/c1-19(2)27(3,4)25(32-33(5)6)31-24-23(22(17-28-24)20-13-9-7-10-14-20)18-29-26(31)30-21-15-11-8-12-16-21/h7-19,25,33H,1-6H3,(H,29,30). The maximum absolute atomic E-state index is 6.75. The Morgan fingerprint density at radius 3 is 2.09 bits per heavy atom. The molecule has 4 rings (SSSR count). The molecular weight excluding hydrogens is 424 g/mol. The van der Waals surface area contributed by atoms with Gasteiger partial charge in [-0.1, -0.05) is 76.2 Å². The van der Waals surface area contributed by atoms with Crippen LogP contribution in [-0.2, 0) is 4.43 Å². The van der Waals surface area contributed by atoms with Crippen LogP contribution in [0.1, 0.15) is 33.9 Å². The van der Waals surface area contributed by atoms with Gasteiger partial charge in [-0.3, -0.25) is 4.57 Å². The van der Waals surface area contributed by atoms with Gasteiger partial charge in [0.25, 0.3) is 0 Å². The van der Waals surface area contributed by atoms with Gasteiger partial charge >= 0.3 is 0 Å². The molecule has 1 unspecified atom stereocenters. The zero-order valence-corrected chi connectivity index (χ0v) is 21.6. The van der Waals surface area contributed by atoms with E-state index in [0.29, 0.717) is 5.92 Å². The highest BCUT2D eigenvalue weighted by molar-refractivity contribution is 6.48. The largest absolute Gasteiger partial charge is 0.400 e. The van der Waals surface area contributed by atoms with Crippen molar-refractivity contribution in [2.75, 3.05) is 5.32 Å². The second-order valence-corrected chi connectivity index (χ2v) is 12.1. The van der Waals surface area contributed by atoms with Crippen molar-refractivity contribution < 1.29 is 4.43 Å². The molecule has 2 heterocycles. The van der Waals surface area contributed by atoms with E-state index in [2.05, 4.69) is 74.9 Å². The summed E-state index contributed by atoms with van der Waals surface area (Å²) in [5.41, 5.74) is 4.09. The lowest BCUT2D eigenvalue weighted by molar-refractivity contribution is -0.0176. The quantitative estimate of drug-likeness (QED) is 0.290. The highest BCUT2D eigenvalue weighted by atomic mass is 28.3. The highest BCUT2D eigenvalue weighted by Crippen LogP contribution is 2.45. The first-order valence-electron chi connectivity index (χ1n) is 11.7. The fourth-order valence-electron chi connectivity index (χ4n) is 3.92. The van der Waals surface area contributed by atoms with Crippen molar-refractivity contribution in [1.82, 2.24) is 14.5 Å². The van der Waals surface area contributed by atoms with Crippen molar-refractivity contribution in [2.24, 2.45) is 11.3 Å². The van der Waals surface area contributed by atoms with Gasteiger partial charge in [-0.2, -0.15) is 0 Å². The number of hydrogen-bond donors (Lipinski definition) is 1. The molecule has 0 fully saturated rings. The van der Waals surface area contributed by atoms with Gasteiger partial charge in [-0.15, -0.1) is 0 Å². The predicted octanol–water partition coefficient (Wildman–Crippen LogP) is 6.97. The first-order chi connectivity index (χ1) is 15.8. The number of rotatable bonds is 8. The molecule has 0 aliphatic carbocycles. The number of anilines is 2. The Morgan fingerprint density at radius 1 is 0.879 bits per heavy atom. The number of nitrogens with zero attached hydrogens (tertiary/aromatic N) is 3. The van der Waals surface area contributed by atoms with E-state index in [4.69, 9.17) is 14.4 Å². The molecule has 2 aromatic carbocycles. The molecular formula is C27H34N4OSi. The van der Waals surface area contributed by atoms with Crippen molar-refractivity contribution in [3.63, 3.8) is 0 Å². The molecule has 2 aliphatic heterocycles. The minimum atomic E-state index is -1.38. The van der Waals surface area contributed by atoms with Crippen LogP contribution in [-0.4, -0.2) is 23.6 Å². The fourth-order valence-corrected chi connectivity index (χ4v) is 4.91. The Kier molecular flexibility index (Phi) is 6.67. The molecule has 33 heavy (non-hydrogen) atoms. The summed E-state index contributed by atoms with van der Waals surface area (Å²) in [6.07, 6.45) is 3.68. The maximum atomic E-state index is 6.75. The molecule has 0 aromatic heterocycles. The molecule has 0 bridgehead atoms. The minimum Gasteiger partial charge on any atom is -0.400 e. The van der Waals surface area contributed by atoms with Crippen LogP contribution in [0.2, 0.25) is 13.1 Å². The summed E-state index contributed by atoms with van der Waals surface area (Å²) in [6, 6.07) is 20.5. The Balaban J connectivity index is 1.92. The highest BCUT2D eigenvalue weighted by Gasteiger charge is 2.38. The van der Waals surface area contributed by atoms with Gasteiger partial charge in [0.1, 0.15) is 12.1 Å². The molecule has 6 heteroatoms. The van der Waals surface area contributed by atoms with Crippen LogP contribution in [0.3, 0.4) is 0 Å². The average molecular weight is 459 g/mol. The van der Waals surface area contributed by atoms with E-state index in [1.54, 1.807) is 0 Å². The minimum absolute atomic E-state index is 0.142. The second kappa shape index (κ2) is 9.49. The van der Waals surface area contributed by atoms with E-state index in [1.165, 1.54) is 0 Å². The molecule has 0 spiro atoms. The Bertz CT molecular complexity index is 1160. The number of nitrogens with one attached hydrogen (secondary N) is 1. The van der Waals surface area contributed by atoms with E-state index in [0.717, 1.165) is 34.2 Å². The third-order valence-corrected chi connectivity index (χ3v) is 7.30. The van der Waals surface area contributed by atoms with Crippen LogP contribution in [0, 0.1) is 11.3 Å². The van der Waals surface area contributed by atoms with E-state index in [9.17, 15) is 0 Å². The van der Waals surface area contributed by atoms with Crippen LogP contribution in [0.25, 0.3) is 22.5 Å². The summed E-state index contributed by atoms with van der Waals surface area (Å²) in [4.78, 5) is 9.83. The number of benzene rings is 2. The summed E-state index contributed by atoms with van der Waals surface area (Å²) in [7, 11) is -1.38. The molecule has 0 amide bonds. The molecule has 172 valence electrons. The summed E-state index contributed by atoms with van der Waals surface area (Å²) >= 11 is 0. The van der Waals surface area contributed by atoms with Crippen molar-refractivity contribution in [1.29, 1.82) is 0 Å². The van der Waals surface area contributed by atoms with Crippen molar-refractivity contribution in [2.45, 2.75) is 47.0 Å². The average Bonchev–Trinajstić information content (AvgIpc) is 3.23. The van der Waals surface area contributed by atoms with Crippen molar-refractivity contribution in [3.05, 3.63) is 73.1 Å². The van der Waals surface area contributed by atoms with Crippen LogP contribution < -0.4 is 5.32 Å². The Labute approximate surface area is 198 Å². The molecule has 0 radical (unpaired) electrons. The Hall–Kier alpha value is -2.96. The van der Waals surface area contributed by atoms with Gasteiger partial charge in [-0.25, -0.2) is 9.97 Å². The third kappa shape index (κ3) is 4.72. The van der Waals surface area contributed by atoms with E-state index >= 15 is 0 Å². The second-order valence-electron chi connectivity index (χ2n) is 9.73. The smallest absolute Gasteiger partial charge is 0.211 e. The molecule has 1 N–H and O–H groups in total. The van der Waals surface area contributed by atoms with Crippen LogP contribution in [0.5, 0.6) is 0 Å². The van der Waals surface area contributed by atoms with Crippen molar-refractivity contribution >= 4 is 20.7 Å². The third-order valence-electron chi connectivity index (χ3n) is 6.49. The summed E-state index contributed by atoms with van der Waals surface area (Å²) in [5.74, 6) is 2.02. The van der Waals surface area contributed by atoms with Gasteiger partial charge < -0.3 is 9.74 Å². The molecule has 0 saturated heterocycles. The lowest BCUT2D eigenvalue weighted by atomic mass is 9.79. The normalized spacial score (nSPS) is 13.1. The molecule has 1 atom stereocenters. The lowest BCUT2D eigenvalue weighted by Gasteiger charge is -2.41. The summed E-state index contributed by atoms with van der Waals surface area (Å²) in [6.45, 7) is 13.5. The monoisotopic (exact) mass is 458 g/mol. The van der Waals surface area contributed by atoms with Crippen LogP contribution in [0.4, 0.5) is 11.6 Å². The number of para-hydroxylation sites is 1. The number of hydrogen-bond acceptors (Lipinski definition) is 4. The maximum Gasteiger partial charge on any atom is 0.211 e. The topological polar surface area (TPSA) is 52.0 Å². The van der Waals surface area contributed by atoms with E-state index in [1.807, 2.05) is 48.8 Å². The molecule has 0 saturated carbocycles. The fraction of sp³-hybridized carbons (Fsp3) is 0.333. The molecule has 2 aliphatic rings. The first-order valence-corrected chi connectivity index (χ1v) is 14.5. The predicted molar refractivity (Wildman–Crippen MR) is 139 cm³/mol.